The minimum atomic E-state index is 0.608. The lowest BCUT2D eigenvalue weighted by atomic mass is 10.2. The number of hydrogen-bond acceptors (Lipinski definition) is 5. The van der Waals surface area contributed by atoms with Crippen molar-refractivity contribution in [2.75, 3.05) is 51.2 Å². The normalized spacial score (nSPS) is 15.7. The molecule has 0 radical (unpaired) electrons. The van der Waals surface area contributed by atoms with Gasteiger partial charge in [0.1, 0.15) is 12.2 Å². The number of anilines is 1. The number of nitrogens with zero attached hydrogens (tertiary/aromatic N) is 6. The Kier molecular flexibility index (Phi) is 7.25. The lowest BCUT2D eigenvalue weighted by molar-refractivity contribution is 0.255. The van der Waals surface area contributed by atoms with Crippen molar-refractivity contribution >= 4 is 11.6 Å². The molecular formula is C20H32N8. The number of hydrogen-bond donors (Lipinski definition) is 2. The van der Waals surface area contributed by atoms with Gasteiger partial charge in [-0.05, 0) is 37.6 Å². The highest BCUT2D eigenvalue weighted by molar-refractivity contribution is 5.79. The number of guanidine groups is 1. The molecule has 152 valence electrons. The molecular weight excluding hydrogens is 352 g/mol. The lowest BCUT2D eigenvalue weighted by Gasteiger charge is -2.36. The van der Waals surface area contributed by atoms with Gasteiger partial charge in [-0.25, -0.2) is 4.98 Å². The molecule has 0 spiro atoms. The number of rotatable bonds is 7. The van der Waals surface area contributed by atoms with Crippen LogP contribution >= 0.6 is 0 Å². The molecule has 1 aliphatic rings. The predicted octanol–water partition coefficient (Wildman–Crippen LogP) is 1.00. The van der Waals surface area contributed by atoms with E-state index in [0.29, 0.717) is 6.54 Å². The molecule has 0 amide bonds. The number of benzene rings is 1. The van der Waals surface area contributed by atoms with E-state index < -0.39 is 0 Å². The van der Waals surface area contributed by atoms with Crippen LogP contribution in [0.5, 0.6) is 0 Å². The van der Waals surface area contributed by atoms with Gasteiger partial charge in [-0.15, -0.1) is 0 Å². The third-order valence-electron chi connectivity index (χ3n) is 5.13. The van der Waals surface area contributed by atoms with Crippen LogP contribution in [0.4, 0.5) is 5.69 Å². The molecule has 1 saturated heterocycles. The minimum Gasteiger partial charge on any atom is -0.369 e. The van der Waals surface area contributed by atoms with Crippen molar-refractivity contribution in [1.29, 1.82) is 0 Å². The Hall–Kier alpha value is -2.61. The molecule has 28 heavy (non-hydrogen) atoms. The first-order valence-corrected chi connectivity index (χ1v) is 9.97. The average Bonchev–Trinajstić information content (AvgIpc) is 3.13. The van der Waals surface area contributed by atoms with Crippen LogP contribution in [0.2, 0.25) is 0 Å². The molecule has 3 rings (SSSR count). The Morgan fingerprint density at radius 2 is 2.00 bits per heavy atom. The molecule has 1 aliphatic heterocycles. The van der Waals surface area contributed by atoms with E-state index in [2.05, 4.69) is 66.7 Å². The van der Waals surface area contributed by atoms with Crippen LogP contribution in [0.25, 0.3) is 0 Å². The van der Waals surface area contributed by atoms with Crippen LogP contribution in [0.15, 0.2) is 35.6 Å². The molecule has 1 fully saturated rings. The van der Waals surface area contributed by atoms with Crippen molar-refractivity contribution in [2.24, 2.45) is 12.0 Å². The van der Waals surface area contributed by atoms with Gasteiger partial charge in [-0.1, -0.05) is 12.1 Å². The fraction of sp³-hybridized carbons (Fsp3) is 0.550. The summed E-state index contributed by atoms with van der Waals surface area (Å²) in [4.78, 5) is 13.5. The molecule has 0 bridgehead atoms. The molecule has 8 heteroatoms. The van der Waals surface area contributed by atoms with Crippen LogP contribution in [-0.4, -0.2) is 71.9 Å². The predicted molar refractivity (Wildman–Crippen MR) is 114 cm³/mol. The summed E-state index contributed by atoms with van der Waals surface area (Å²) in [6, 6.07) is 8.79. The lowest BCUT2D eigenvalue weighted by Crippen LogP contribution is -2.47. The van der Waals surface area contributed by atoms with Crippen molar-refractivity contribution < 1.29 is 0 Å². The van der Waals surface area contributed by atoms with Crippen molar-refractivity contribution in [3.8, 4) is 0 Å². The van der Waals surface area contributed by atoms with E-state index in [1.165, 1.54) is 11.3 Å². The molecule has 2 aromatic rings. The summed E-state index contributed by atoms with van der Waals surface area (Å²) in [7, 11) is 3.68. The SMILES string of the molecule is CN=C(NCCCN1CCN(c2cccc(C)c2)CC1)NCc1ncnn1C. The largest absolute Gasteiger partial charge is 0.369 e. The van der Waals surface area contributed by atoms with Gasteiger partial charge in [-0.2, -0.15) is 5.10 Å². The van der Waals surface area contributed by atoms with Gasteiger partial charge in [-0.3, -0.25) is 14.6 Å². The minimum absolute atomic E-state index is 0.608. The van der Waals surface area contributed by atoms with Crippen LogP contribution in [0, 0.1) is 6.92 Å². The Morgan fingerprint density at radius 3 is 2.68 bits per heavy atom. The van der Waals surface area contributed by atoms with Crippen molar-refractivity contribution in [2.45, 2.75) is 19.9 Å². The number of aliphatic imine (C=N–C) groups is 1. The molecule has 0 saturated carbocycles. The first-order valence-electron chi connectivity index (χ1n) is 9.97. The van der Waals surface area contributed by atoms with Gasteiger partial charge >= 0.3 is 0 Å². The molecule has 2 heterocycles. The van der Waals surface area contributed by atoms with E-state index in [4.69, 9.17) is 0 Å². The summed E-state index contributed by atoms with van der Waals surface area (Å²) in [5, 5.41) is 10.7. The smallest absolute Gasteiger partial charge is 0.191 e. The van der Waals surface area contributed by atoms with Gasteiger partial charge in [0.15, 0.2) is 5.96 Å². The number of aromatic nitrogens is 3. The highest BCUT2D eigenvalue weighted by atomic mass is 15.3. The fourth-order valence-corrected chi connectivity index (χ4v) is 3.43. The maximum atomic E-state index is 4.27. The van der Waals surface area contributed by atoms with E-state index in [1.54, 1.807) is 18.1 Å². The molecule has 0 unspecified atom stereocenters. The van der Waals surface area contributed by atoms with Gasteiger partial charge in [0.2, 0.25) is 0 Å². The molecule has 0 atom stereocenters. The summed E-state index contributed by atoms with van der Waals surface area (Å²) in [6.07, 6.45) is 2.65. The topological polar surface area (TPSA) is 73.6 Å². The summed E-state index contributed by atoms with van der Waals surface area (Å²) in [6.45, 7) is 9.20. The number of aryl methyl sites for hydroxylation is 2. The van der Waals surface area contributed by atoms with E-state index >= 15 is 0 Å². The van der Waals surface area contributed by atoms with Crippen LogP contribution < -0.4 is 15.5 Å². The van der Waals surface area contributed by atoms with Crippen LogP contribution in [0.1, 0.15) is 17.8 Å². The maximum Gasteiger partial charge on any atom is 0.191 e. The monoisotopic (exact) mass is 384 g/mol. The van der Waals surface area contributed by atoms with E-state index in [-0.39, 0.29) is 0 Å². The molecule has 8 nitrogen and oxygen atoms in total. The van der Waals surface area contributed by atoms with Crippen molar-refractivity contribution in [1.82, 2.24) is 30.3 Å². The summed E-state index contributed by atoms with van der Waals surface area (Å²) < 4.78 is 1.76. The molecule has 2 N–H and O–H groups in total. The number of piperazine rings is 1. The average molecular weight is 385 g/mol. The van der Waals surface area contributed by atoms with E-state index in [9.17, 15) is 0 Å². The Balaban J connectivity index is 1.31. The zero-order valence-electron chi connectivity index (χ0n) is 17.2. The standard InChI is InChI=1S/C20H32N8/c1-17-6-4-7-18(14-17)28-12-10-27(11-13-28)9-5-8-22-20(21-2)23-15-19-24-16-25-26(19)3/h4,6-7,14,16H,5,8-13,15H2,1-3H3,(H2,21,22,23). The molecule has 1 aromatic carbocycles. The van der Waals surface area contributed by atoms with Crippen LogP contribution in [0.3, 0.4) is 0 Å². The van der Waals surface area contributed by atoms with Gasteiger partial charge in [0.25, 0.3) is 0 Å². The quantitative estimate of drug-likeness (QED) is 0.422. The highest BCUT2D eigenvalue weighted by Crippen LogP contribution is 2.17. The van der Waals surface area contributed by atoms with Gasteiger partial charge in [0, 0.05) is 52.5 Å². The first-order chi connectivity index (χ1) is 13.7. The zero-order chi connectivity index (χ0) is 19.8. The summed E-state index contributed by atoms with van der Waals surface area (Å²) in [5.74, 6) is 1.68. The Labute approximate surface area is 167 Å². The first kappa shape index (κ1) is 20.1. The summed E-state index contributed by atoms with van der Waals surface area (Å²) in [5.41, 5.74) is 2.67. The Morgan fingerprint density at radius 1 is 1.18 bits per heavy atom. The van der Waals surface area contributed by atoms with E-state index in [1.807, 2.05) is 7.05 Å². The molecule has 0 aliphatic carbocycles. The maximum absolute atomic E-state index is 4.27. The van der Waals surface area contributed by atoms with Gasteiger partial charge < -0.3 is 15.5 Å². The second-order valence-electron chi connectivity index (χ2n) is 7.17. The number of nitrogens with one attached hydrogen (secondary N) is 2. The molecule has 1 aromatic heterocycles. The zero-order valence-corrected chi connectivity index (χ0v) is 17.2. The highest BCUT2D eigenvalue weighted by Gasteiger charge is 2.16. The fourth-order valence-electron chi connectivity index (χ4n) is 3.43. The van der Waals surface area contributed by atoms with Crippen molar-refractivity contribution in [3.63, 3.8) is 0 Å². The van der Waals surface area contributed by atoms with Gasteiger partial charge in [0.05, 0.1) is 6.54 Å². The Bertz CT molecular complexity index is 761. The summed E-state index contributed by atoms with van der Waals surface area (Å²) >= 11 is 0. The van der Waals surface area contributed by atoms with E-state index in [0.717, 1.165) is 57.5 Å². The second kappa shape index (κ2) is 10.1. The second-order valence-corrected chi connectivity index (χ2v) is 7.17. The van der Waals surface area contributed by atoms with Crippen LogP contribution in [-0.2, 0) is 13.6 Å². The van der Waals surface area contributed by atoms with Crippen molar-refractivity contribution in [3.05, 3.63) is 42.0 Å². The third-order valence-corrected chi connectivity index (χ3v) is 5.13. The third kappa shape index (κ3) is 5.69.